The van der Waals surface area contributed by atoms with E-state index < -0.39 is 0 Å². The van der Waals surface area contributed by atoms with E-state index in [2.05, 4.69) is 20.9 Å². The fourth-order valence-electron chi connectivity index (χ4n) is 4.24. The van der Waals surface area contributed by atoms with E-state index in [9.17, 15) is 9.59 Å². The highest BCUT2D eigenvalue weighted by molar-refractivity contribution is 7.13. The molecule has 2 aromatic rings. The number of thiazole rings is 1. The highest BCUT2D eigenvalue weighted by Gasteiger charge is 2.30. The third-order valence-electron chi connectivity index (χ3n) is 6.24. The van der Waals surface area contributed by atoms with Crippen molar-refractivity contribution >= 4 is 34.8 Å². The maximum atomic E-state index is 12.4. The number of fused-ring (bicyclic) bond motifs is 1. The van der Waals surface area contributed by atoms with E-state index in [0.717, 1.165) is 48.7 Å². The van der Waals surface area contributed by atoms with Crippen molar-refractivity contribution < 1.29 is 14.3 Å². The molecule has 1 aromatic carbocycles. The molecule has 1 aliphatic carbocycles. The Bertz CT molecular complexity index is 968. The van der Waals surface area contributed by atoms with Gasteiger partial charge in [0.05, 0.1) is 5.69 Å². The van der Waals surface area contributed by atoms with E-state index in [-0.39, 0.29) is 24.6 Å². The summed E-state index contributed by atoms with van der Waals surface area (Å²) in [6, 6.07) is 5.82. The summed E-state index contributed by atoms with van der Waals surface area (Å²) in [7, 11) is 0. The van der Waals surface area contributed by atoms with Crippen molar-refractivity contribution in [3.8, 4) is 16.3 Å². The molecule has 3 N–H and O–H groups in total. The van der Waals surface area contributed by atoms with Gasteiger partial charge in [0.15, 0.2) is 6.61 Å². The molecule has 2 fully saturated rings. The standard InChI is InChI=1S/C22H27N5O3S/c28-20-12-30-18-10-15(4-5-17(18)27(20)11-14-2-1-3-14)21-25-19(13-31-21)26-22(29)24-16-6-8-23-9-7-16/h4-5,10,13-14,16,23H,1-3,6-9,11-12H2,(H2,24,26,29). The molecule has 2 aliphatic heterocycles. The molecule has 0 bridgehead atoms. The number of rotatable bonds is 5. The molecule has 3 heterocycles. The Kier molecular flexibility index (Phi) is 5.78. The fourth-order valence-corrected chi connectivity index (χ4v) is 4.99. The van der Waals surface area contributed by atoms with Crippen molar-refractivity contribution in [2.24, 2.45) is 5.92 Å². The Hall–Kier alpha value is -2.65. The topological polar surface area (TPSA) is 95.6 Å². The van der Waals surface area contributed by atoms with Crippen LogP contribution in [0.2, 0.25) is 0 Å². The average molecular weight is 442 g/mol. The Morgan fingerprint density at radius 1 is 1.26 bits per heavy atom. The van der Waals surface area contributed by atoms with E-state index in [1.807, 2.05) is 28.5 Å². The first-order valence-corrected chi connectivity index (χ1v) is 11.8. The smallest absolute Gasteiger partial charge is 0.320 e. The highest BCUT2D eigenvalue weighted by atomic mass is 32.1. The number of piperidine rings is 1. The van der Waals surface area contributed by atoms with E-state index in [4.69, 9.17) is 4.74 Å². The lowest BCUT2D eigenvalue weighted by molar-refractivity contribution is -0.121. The van der Waals surface area contributed by atoms with Gasteiger partial charge in [-0.3, -0.25) is 10.1 Å². The minimum absolute atomic E-state index is 0.0210. The fraction of sp³-hybridized carbons (Fsp3) is 0.500. The van der Waals surface area contributed by atoms with E-state index in [1.54, 1.807) is 0 Å². The maximum absolute atomic E-state index is 12.4. The van der Waals surface area contributed by atoms with Gasteiger partial charge in [-0.2, -0.15) is 0 Å². The zero-order valence-corrected chi connectivity index (χ0v) is 18.2. The second-order valence-corrected chi connectivity index (χ2v) is 9.29. The summed E-state index contributed by atoms with van der Waals surface area (Å²) in [5, 5.41) is 11.8. The van der Waals surface area contributed by atoms with Crippen LogP contribution in [-0.2, 0) is 4.79 Å². The van der Waals surface area contributed by atoms with Gasteiger partial charge in [-0.15, -0.1) is 11.3 Å². The molecular weight excluding hydrogens is 414 g/mol. The molecular formula is C22H27N5O3S. The maximum Gasteiger partial charge on any atom is 0.320 e. The quantitative estimate of drug-likeness (QED) is 0.662. The number of nitrogens with one attached hydrogen (secondary N) is 3. The van der Waals surface area contributed by atoms with Crippen molar-refractivity contribution in [2.75, 3.05) is 36.5 Å². The first-order chi connectivity index (χ1) is 15.2. The number of urea groups is 1. The van der Waals surface area contributed by atoms with Gasteiger partial charge in [-0.25, -0.2) is 9.78 Å². The molecule has 0 spiro atoms. The van der Waals surface area contributed by atoms with E-state index >= 15 is 0 Å². The molecule has 31 heavy (non-hydrogen) atoms. The Morgan fingerprint density at radius 3 is 2.87 bits per heavy atom. The second-order valence-electron chi connectivity index (χ2n) is 8.43. The first kappa shape index (κ1) is 20.3. The second kappa shape index (κ2) is 8.84. The van der Waals surface area contributed by atoms with Crippen LogP contribution in [0, 0.1) is 5.92 Å². The lowest BCUT2D eigenvalue weighted by Crippen LogP contribution is -2.44. The van der Waals surface area contributed by atoms with Gasteiger partial charge in [0, 0.05) is 23.5 Å². The zero-order chi connectivity index (χ0) is 21.2. The van der Waals surface area contributed by atoms with Gasteiger partial charge in [0.1, 0.15) is 16.6 Å². The number of carbonyl (C=O) groups is 2. The third-order valence-corrected chi connectivity index (χ3v) is 7.13. The molecule has 8 nitrogen and oxygen atoms in total. The van der Waals surface area contributed by atoms with Gasteiger partial charge < -0.3 is 20.3 Å². The molecule has 164 valence electrons. The molecule has 1 saturated carbocycles. The van der Waals surface area contributed by atoms with Crippen LogP contribution in [0.25, 0.3) is 10.6 Å². The summed E-state index contributed by atoms with van der Waals surface area (Å²) in [4.78, 5) is 31.1. The Balaban J connectivity index is 1.26. The summed E-state index contributed by atoms with van der Waals surface area (Å²) in [6.07, 6.45) is 5.51. The number of hydrogen-bond acceptors (Lipinski definition) is 6. The van der Waals surface area contributed by atoms with Gasteiger partial charge in [-0.05, 0) is 62.9 Å². The number of carbonyl (C=O) groups excluding carboxylic acids is 2. The minimum atomic E-state index is -0.220. The molecule has 1 saturated heterocycles. The monoisotopic (exact) mass is 441 g/mol. The van der Waals surface area contributed by atoms with Crippen LogP contribution in [0.5, 0.6) is 5.75 Å². The Morgan fingerprint density at radius 2 is 2.10 bits per heavy atom. The lowest BCUT2D eigenvalue weighted by atomic mass is 9.85. The number of benzene rings is 1. The number of ether oxygens (including phenoxy) is 1. The molecule has 3 aliphatic rings. The molecule has 0 atom stereocenters. The number of anilines is 2. The van der Waals surface area contributed by atoms with Crippen LogP contribution in [0.3, 0.4) is 0 Å². The summed E-state index contributed by atoms with van der Waals surface area (Å²) >= 11 is 1.47. The minimum Gasteiger partial charge on any atom is -0.482 e. The van der Waals surface area contributed by atoms with Gasteiger partial charge >= 0.3 is 6.03 Å². The normalized spacial score (nSPS) is 19.4. The highest BCUT2D eigenvalue weighted by Crippen LogP contribution is 2.39. The van der Waals surface area contributed by atoms with Crippen LogP contribution in [0.4, 0.5) is 16.3 Å². The Labute approximate surface area is 185 Å². The van der Waals surface area contributed by atoms with Crippen molar-refractivity contribution in [3.05, 3.63) is 23.6 Å². The molecule has 0 radical (unpaired) electrons. The summed E-state index contributed by atoms with van der Waals surface area (Å²) < 4.78 is 5.72. The number of amides is 3. The number of nitrogens with zero attached hydrogens (tertiary/aromatic N) is 2. The summed E-state index contributed by atoms with van der Waals surface area (Å²) in [6.45, 7) is 2.70. The average Bonchev–Trinajstić information content (AvgIpc) is 3.20. The van der Waals surface area contributed by atoms with Crippen molar-refractivity contribution in [1.82, 2.24) is 15.6 Å². The van der Waals surface area contributed by atoms with Crippen molar-refractivity contribution in [1.29, 1.82) is 0 Å². The molecule has 5 rings (SSSR count). The van der Waals surface area contributed by atoms with Crippen LogP contribution < -0.4 is 25.6 Å². The van der Waals surface area contributed by atoms with E-state index in [0.29, 0.717) is 17.5 Å². The van der Waals surface area contributed by atoms with Crippen molar-refractivity contribution in [2.45, 2.75) is 38.1 Å². The number of aromatic nitrogens is 1. The summed E-state index contributed by atoms with van der Waals surface area (Å²) in [5.74, 6) is 1.86. The zero-order valence-electron chi connectivity index (χ0n) is 17.4. The van der Waals surface area contributed by atoms with E-state index in [1.165, 1.54) is 30.6 Å². The van der Waals surface area contributed by atoms with Crippen molar-refractivity contribution in [3.63, 3.8) is 0 Å². The first-order valence-electron chi connectivity index (χ1n) is 11.0. The van der Waals surface area contributed by atoms with Crippen LogP contribution in [-0.4, -0.2) is 49.2 Å². The predicted octanol–water partition coefficient (Wildman–Crippen LogP) is 3.21. The third kappa shape index (κ3) is 4.52. The SMILES string of the molecule is O=C(Nc1csc(-c2ccc3c(c2)OCC(=O)N3CC2CCC2)n1)NC1CCNCC1. The molecule has 1 aromatic heterocycles. The molecule has 3 amide bonds. The van der Waals surface area contributed by atoms with Crippen LogP contribution >= 0.6 is 11.3 Å². The largest absolute Gasteiger partial charge is 0.482 e. The summed E-state index contributed by atoms with van der Waals surface area (Å²) in [5.41, 5.74) is 1.75. The van der Waals surface area contributed by atoms with Crippen LogP contribution in [0.15, 0.2) is 23.6 Å². The predicted molar refractivity (Wildman–Crippen MR) is 121 cm³/mol. The van der Waals surface area contributed by atoms with Crippen LogP contribution in [0.1, 0.15) is 32.1 Å². The lowest BCUT2D eigenvalue weighted by Gasteiger charge is -2.35. The van der Waals surface area contributed by atoms with Gasteiger partial charge in [0.25, 0.3) is 5.91 Å². The number of hydrogen-bond donors (Lipinski definition) is 3. The van der Waals surface area contributed by atoms with Gasteiger partial charge in [0.2, 0.25) is 0 Å². The van der Waals surface area contributed by atoms with Gasteiger partial charge in [-0.1, -0.05) is 6.42 Å². The molecule has 0 unspecified atom stereocenters. The molecule has 9 heteroatoms.